The van der Waals surface area contributed by atoms with E-state index in [0.717, 1.165) is 36.1 Å². The lowest BCUT2D eigenvalue weighted by atomic mass is 9.98. The summed E-state index contributed by atoms with van der Waals surface area (Å²) in [5.74, 6) is 0.00907. The smallest absolute Gasteiger partial charge is 0.261 e. The highest BCUT2D eigenvalue weighted by atomic mass is 32.1. The van der Waals surface area contributed by atoms with Crippen molar-refractivity contribution < 1.29 is 9.53 Å². The number of hydrogen-bond acceptors (Lipinski definition) is 4. The van der Waals surface area contributed by atoms with Gasteiger partial charge in [0.05, 0.1) is 24.1 Å². The van der Waals surface area contributed by atoms with Crippen molar-refractivity contribution in [2.45, 2.75) is 25.9 Å². The fourth-order valence-corrected chi connectivity index (χ4v) is 4.01. The molecule has 3 rings (SSSR count). The summed E-state index contributed by atoms with van der Waals surface area (Å²) in [5.41, 5.74) is 1.23. The van der Waals surface area contributed by atoms with E-state index in [2.05, 4.69) is 41.4 Å². The van der Waals surface area contributed by atoms with Crippen LogP contribution in [0.5, 0.6) is 0 Å². The Balaban J connectivity index is 1.77. The molecule has 128 valence electrons. The zero-order valence-corrected chi connectivity index (χ0v) is 15.0. The van der Waals surface area contributed by atoms with Gasteiger partial charge < -0.3 is 10.1 Å². The van der Waals surface area contributed by atoms with Gasteiger partial charge >= 0.3 is 0 Å². The Morgan fingerprint density at radius 2 is 1.88 bits per heavy atom. The molecule has 0 saturated carbocycles. The maximum Gasteiger partial charge on any atom is 0.261 e. The van der Waals surface area contributed by atoms with Crippen LogP contribution in [0.2, 0.25) is 0 Å². The highest BCUT2D eigenvalue weighted by molar-refractivity contribution is 7.13. The first kappa shape index (κ1) is 17.1. The third-order valence-electron chi connectivity index (χ3n) is 4.38. The van der Waals surface area contributed by atoms with Crippen LogP contribution in [0.4, 0.5) is 0 Å². The van der Waals surface area contributed by atoms with E-state index in [1.807, 2.05) is 25.1 Å². The largest absolute Gasteiger partial charge is 0.379 e. The lowest BCUT2D eigenvalue weighted by Crippen LogP contribution is -2.48. The molecule has 1 fully saturated rings. The van der Waals surface area contributed by atoms with Crippen molar-refractivity contribution in [1.82, 2.24) is 10.2 Å². The van der Waals surface area contributed by atoms with E-state index >= 15 is 0 Å². The Labute approximate surface area is 147 Å². The van der Waals surface area contributed by atoms with Gasteiger partial charge in [0.15, 0.2) is 0 Å². The van der Waals surface area contributed by atoms with Crippen LogP contribution in [0.3, 0.4) is 0 Å². The standard InChI is InChI=1S/C19H24N2O2S/c1-14-8-9-17(24-14)19(22)20-15(2)18(16-6-4-3-5-7-16)21-10-12-23-13-11-21/h3-9,15,18H,10-13H2,1-2H3,(H,20,22)/t15-,18+/m1/s1. The molecule has 1 saturated heterocycles. The van der Waals surface area contributed by atoms with Gasteiger partial charge in [-0.3, -0.25) is 9.69 Å². The Morgan fingerprint density at radius 3 is 2.50 bits per heavy atom. The number of aryl methyl sites for hydroxylation is 1. The highest BCUT2D eigenvalue weighted by Gasteiger charge is 2.29. The van der Waals surface area contributed by atoms with Crippen molar-refractivity contribution in [2.24, 2.45) is 0 Å². The summed E-state index contributed by atoms with van der Waals surface area (Å²) in [4.78, 5) is 16.9. The zero-order valence-electron chi connectivity index (χ0n) is 14.2. The summed E-state index contributed by atoms with van der Waals surface area (Å²) in [5, 5.41) is 3.19. The predicted octanol–water partition coefficient (Wildman–Crippen LogP) is 3.25. The molecule has 5 heteroatoms. The van der Waals surface area contributed by atoms with E-state index < -0.39 is 0 Å². The van der Waals surface area contributed by atoms with Crippen LogP contribution in [0, 0.1) is 6.92 Å². The normalized spacial score (nSPS) is 18.1. The minimum Gasteiger partial charge on any atom is -0.379 e. The van der Waals surface area contributed by atoms with Gasteiger partial charge in [-0.2, -0.15) is 0 Å². The molecule has 0 bridgehead atoms. The van der Waals surface area contributed by atoms with Gasteiger partial charge in [0.25, 0.3) is 5.91 Å². The molecule has 24 heavy (non-hydrogen) atoms. The molecular weight excluding hydrogens is 320 g/mol. The number of nitrogens with one attached hydrogen (secondary N) is 1. The highest BCUT2D eigenvalue weighted by Crippen LogP contribution is 2.26. The third kappa shape index (κ3) is 4.04. The number of carbonyl (C=O) groups excluding carboxylic acids is 1. The van der Waals surface area contributed by atoms with E-state index in [1.54, 1.807) is 0 Å². The molecule has 2 heterocycles. The van der Waals surface area contributed by atoms with Gasteiger partial charge in [0.2, 0.25) is 0 Å². The minimum absolute atomic E-state index is 0.00907. The van der Waals surface area contributed by atoms with Crippen LogP contribution < -0.4 is 5.32 Å². The molecule has 0 radical (unpaired) electrons. The molecule has 4 nitrogen and oxygen atoms in total. The van der Waals surface area contributed by atoms with Crippen molar-refractivity contribution in [3.8, 4) is 0 Å². The second-order valence-corrected chi connectivity index (χ2v) is 7.46. The molecule has 1 aromatic carbocycles. The van der Waals surface area contributed by atoms with E-state index in [4.69, 9.17) is 4.74 Å². The lowest BCUT2D eigenvalue weighted by Gasteiger charge is -2.38. The molecule has 1 aromatic heterocycles. The quantitative estimate of drug-likeness (QED) is 0.905. The molecule has 0 aliphatic carbocycles. The maximum atomic E-state index is 12.5. The molecule has 2 aromatic rings. The van der Waals surface area contributed by atoms with Crippen molar-refractivity contribution >= 4 is 17.2 Å². The first-order valence-electron chi connectivity index (χ1n) is 8.39. The van der Waals surface area contributed by atoms with Crippen LogP contribution in [-0.4, -0.2) is 43.2 Å². The number of nitrogens with zero attached hydrogens (tertiary/aromatic N) is 1. The number of rotatable bonds is 5. The molecule has 1 N–H and O–H groups in total. The van der Waals surface area contributed by atoms with Crippen molar-refractivity contribution in [2.75, 3.05) is 26.3 Å². The van der Waals surface area contributed by atoms with Gasteiger partial charge in [-0.05, 0) is 31.5 Å². The monoisotopic (exact) mass is 344 g/mol. The van der Waals surface area contributed by atoms with Crippen molar-refractivity contribution in [3.63, 3.8) is 0 Å². The van der Waals surface area contributed by atoms with Crippen LogP contribution in [0.1, 0.15) is 33.1 Å². The summed E-state index contributed by atoms with van der Waals surface area (Å²) in [7, 11) is 0. The van der Waals surface area contributed by atoms with Crippen LogP contribution in [0.15, 0.2) is 42.5 Å². The fraction of sp³-hybridized carbons (Fsp3) is 0.421. The fourth-order valence-electron chi connectivity index (χ4n) is 3.23. The maximum absolute atomic E-state index is 12.5. The topological polar surface area (TPSA) is 41.6 Å². The number of benzene rings is 1. The molecule has 2 atom stereocenters. The number of carbonyl (C=O) groups is 1. The average Bonchev–Trinajstić information content (AvgIpc) is 3.04. The number of morpholine rings is 1. The summed E-state index contributed by atoms with van der Waals surface area (Å²) < 4.78 is 5.49. The predicted molar refractivity (Wildman–Crippen MR) is 97.6 cm³/mol. The van der Waals surface area contributed by atoms with Crippen LogP contribution >= 0.6 is 11.3 Å². The minimum atomic E-state index is 0.00907. The Morgan fingerprint density at radius 1 is 1.17 bits per heavy atom. The van der Waals surface area contributed by atoms with E-state index in [0.29, 0.717) is 0 Å². The van der Waals surface area contributed by atoms with Gasteiger partial charge in [0.1, 0.15) is 0 Å². The van der Waals surface area contributed by atoms with E-state index in [1.165, 1.54) is 16.9 Å². The van der Waals surface area contributed by atoms with Crippen LogP contribution in [-0.2, 0) is 4.74 Å². The van der Waals surface area contributed by atoms with Gasteiger partial charge in [-0.15, -0.1) is 11.3 Å². The van der Waals surface area contributed by atoms with Crippen molar-refractivity contribution in [1.29, 1.82) is 0 Å². The van der Waals surface area contributed by atoms with E-state index in [-0.39, 0.29) is 18.0 Å². The third-order valence-corrected chi connectivity index (χ3v) is 5.38. The Kier molecular flexibility index (Phi) is 5.66. The summed E-state index contributed by atoms with van der Waals surface area (Å²) >= 11 is 1.54. The Hall–Kier alpha value is -1.69. The number of amides is 1. The molecule has 1 amide bonds. The molecule has 0 unspecified atom stereocenters. The van der Waals surface area contributed by atoms with E-state index in [9.17, 15) is 4.79 Å². The number of hydrogen-bond donors (Lipinski definition) is 1. The Bertz CT molecular complexity index is 665. The average molecular weight is 344 g/mol. The second-order valence-electron chi connectivity index (χ2n) is 6.18. The first-order valence-corrected chi connectivity index (χ1v) is 9.21. The molecule has 0 spiro atoms. The van der Waals surface area contributed by atoms with Gasteiger partial charge in [0, 0.05) is 24.0 Å². The summed E-state index contributed by atoms with van der Waals surface area (Å²) in [6.45, 7) is 7.37. The van der Waals surface area contributed by atoms with Crippen LogP contribution in [0.25, 0.3) is 0 Å². The zero-order chi connectivity index (χ0) is 16.9. The molecular formula is C19H24N2O2S. The first-order chi connectivity index (χ1) is 11.6. The van der Waals surface area contributed by atoms with Crippen molar-refractivity contribution in [3.05, 3.63) is 57.8 Å². The lowest BCUT2D eigenvalue weighted by molar-refractivity contribution is 0.00890. The van der Waals surface area contributed by atoms with Gasteiger partial charge in [-0.25, -0.2) is 0 Å². The molecule has 1 aliphatic rings. The SMILES string of the molecule is Cc1ccc(C(=O)N[C@H](C)[C@@H](c2ccccc2)N2CCOCC2)s1. The number of thiophene rings is 1. The number of ether oxygens (including phenoxy) is 1. The molecule has 1 aliphatic heterocycles. The second kappa shape index (κ2) is 7.92. The van der Waals surface area contributed by atoms with Gasteiger partial charge in [-0.1, -0.05) is 30.3 Å². The summed E-state index contributed by atoms with van der Waals surface area (Å²) in [6.07, 6.45) is 0. The summed E-state index contributed by atoms with van der Waals surface area (Å²) in [6, 6.07) is 14.5.